The smallest absolute Gasteiger partial charge is 0.269 e. The summed E-state index contributed by atoms with van der Waals surface area (Å²) in [5.74, 6) is -0.163. The van der Waals surface area contributed by atoms with Crippen molar-refractivity contribution in [2.45, 2.75) is 13.3 Å². The molecule has 2 aromatic carbocycles. The summed E-state index contributed by atoms with van der Waals surface area (Å²) >= 11 is 5.87. The molecule has 0 aromatic heterocycles. The Morgan fingerprint density at radius 3 is 2.37 bits per heavy atom. The van der Waals surface area contributed by atoms with Gasteiger partial charge in [0.25, 0.3) is 11.6 Å². The summed E-state index contributed by atoms with van der Waals surface area (Å²) in [6, 6.07) is 11.2. The number of nitrogens with one attached hydrogen (secondary N) is 1. The highest BCUT2D eigenvalue weighted by Gasteiger charge is 2.22. The Kier molecular flexibility index (Phi) is 7.02. The van der Waals surface area contributed by atoms with Crippen LogP contribution in [0.4, 0.5) is 11.4 Å². The van der Waals surface area contributed by atoms with Gasteiger partial charge in [-0.2, -0.15) is 0 Å². The highest BCUT2D eigenvalue weighted by Crippen LogP contribution is 2.21. The molecule has 1 aliphatic rings. The van der Waals surface area contributed by atoms with Crippen molar-refractivity contribution in [3.8, 4) is 0 Å². The van der Waals surface area contributed by atoms with E-state index >= 15 is 0 Å². The van der Waals surface area contributed by atoms with Gasteiger partial charge < -0.3 is 10.2 Å². The summed E-state index contributed by atoms with van der Waals surface area (Å²) in [4.78, 5) is 39.1. The Bertz CT molecular complexity index is 941. The van der Waals surface area contributed by atoms with Crippen molar-refractivity contribution in [2.75, 3.05) is 38.0 Å². The van der Waals surface area contributed by atoms with Gasteiger partial charge in [0, 0.05) is 67.6 Å². The third kappa shape index (κ3) is 5.55. The van der Waals surface area contributed by atoms with Gasteiger partial charge in [0.05, 0.1) is 4.92 Å². The zero-order valence-corrected chi connectivity index (χ0v) is 17.4. The third-order valence-electron chi connectivity index (χ3n) is 5.10. The molecular formula is C21H23ClN4O4. The van der Waals surface area contributed by atoms with Gasteiger partial charge in [-0.15, -0.1) is 0 Å². The van der Waals surface area contributed by atoms with Crippen LogP contribution in [0.25, 0.3) is 0 Å². The molecule has 1 N–H and O–H groups in total. The molecule has 0 spiro atoms. The van der Waals surface area contributed by atoms with Crippen molar-refractivity contribution in [2.24, 2.45) is 0 Å². The maximum absolute atomic E-state index is 12.5. The molecule has 30 heavy (non-hydrogen) atoms. The number of hydrogen-bond acceptors (Lipinski definition) is 5. The summed E-state index contributed by atoms with van der Waals surface area (Å²) < 4.78 is 0. The molecule has 158 valence electrons. The van der Waals surface area contributed by atoms with Gasteiger partial charge in [0.2, 0.25) is 5.91 Å². The number of carbonyl (C=O) groups is 2. The summed E-state index contributed by atoms with van der Waals surface area (Å²) in [5, 5.41) is 14.2. The molecule has 8 nitrogen and oxygen atoms in total. The van der Waals surface area contributed by atoms with Crippen molar-refractivity contribution < 1.29 is 14.5 Å². The van der Waals surface area contributed by atoms with Crippen LogP contribution < -0.4 is 5.32 Å². The lowest BCUT2D eigenvalue weighted by atomic mass is 10.1. The molecule has 0 atom stereocenters. The molecule has 0 unspecified atom stereocenters. The molecular weight excluding hydrogens is 408 g/mol. The van der Waals surface area contributed by atoms with E-state index in [0.29, 0.717) is 61.0 Å². The Balaban J connectivity index is 1.44. The van der Waals surface area contributed by atoms with Gasteiger partial charge in [-0.1, -0.05) is 11.6 Å². The van der Waals surface area contributed by atoms with Crippen molar-refractivity contribution in [1.29, 1.82) is 0 Å². The van der Waals surface area contributed by atoms with Crippen molar-refractivity contribution >= 4 is 34.8 Å². The summed E-state index contributed by atoms with van der Waals surface area (Å²) in [5.41, 5.74) is 1.83. The summed E-state index contributed by atoms with van der Waals surface area (Å²) in [6.45, 7) is 4.90. The first-order chi connectivity index (χ1) is 14.3. The Morgan fingerprint density at radius 1 is 1.10 bits per heavy atom. The average molecular weight is 431 g/mol. The van der Waals surface area contributed by atoms with Gasteiger partial charge in [-0.05, 0) is 42.8 Å². The lowest BCUT2D eigenvalue weighted by Crippen LogP contribution is -2.49. The second kappa shape index (κ2) is 9.69. The van der Waals surface area contributed by atoms with Crippen molar-refractivity contribution in [3.05, 3.63) is 68.7 Å². The molecule has 0 aliphatic carbocycles. The van der Waals surface area contributed by atoms with E-state index in [1.54, 1.807) is 42.2 Å². The van der Waals surface area contributed by atoms with Crippen LogP contribution in [0, 0.1) is 17.0 Å². The van der Waals surface area contributed by atoms with Crippen molar-refractivity contribution in [3.63, 3.8) is 0 Å². The van der Waals surface area contributed by atoms with Crippen LogP contribution in [0.2, 0.25) is 5.02 Å². The minimum atomic E-state index is -0.462. The van der Waals surface area contributed by atoms with Gasteiger partial charge >= 0.3 is 0 Å². The molecule has 0 radical (unpaired) electrons. The second-order valence-electron chi connectivity index (χ2n) is 7.20. The van der Waals surface area contributed by atoms with Crippen LogP contribution in [0.5, 0.6) is 0 Å². The third-order valence-corrected chi connectivity index (χ3v) is 5.35. The predicted molar refractivity (Wildman–Crippen MR) is 115 cm³/mol. The number of nitro benzene ring substituents is 1. The summed E-state index contributed by atoms with van der Waals surface area (Å²) in [7, 11) is 0. The van der Waals surface area contributed by atoms with E-state index in [9.17, 15) is 19.7 Å². The van der Waals surface area contributed by atoms with E-state index in [2.05, 4.69) is 10.2 Å². The fourth-order valence-electron chi connectivity index (χ4n) is 3.32. The number of piperazine rings is 1. The molecule has 0 bridgehead atoms. The van der Waals surface area contributed by atoms with Gasteiger partial charge in [0.1, 0.15) is 0 Å². The zero-order chi connectivity index (χ0) is 21.7. The second-order valence-corrected chi connectivity index (χ2v) is 7.63. The van der Waals surface area contributed by atoms with Crippen LogP contribution in [-0.4, -0.2) is 59.3 Å². The van der Waals surface area contributed by atoms with Gasteiger partial charge in [-0.3, -0.25) is 24.6 Å². The molecule has 2 aromatic rings. The highest BCUT2D eigenvalue weighted by atomic mass is 35.5. The molecule has 3 rings (SSSR count). The average Bonchev–Trinajstić information content (AvgIpc) is 2.74. The lowest BCUT2D eigenvalue weighted by molar-refractivity contribution is -0.384. The number of amides is 2. The first kappa shape index (κ1) is 21.7. The molecule has 9 heteroatoms. The van der Waals surface area contributed by atoms with Crippen LogP contribution >= 0.6 is 11.6 Å². The number of non-ortho nitro benzene ring substituents is 1. The number of nitro groups is 1. The van der Waals surface area contributed by atoms with E-state index < -0.39 is 4.92 Å². The SMILES string of the molecule is Cc1cc([N+](=O)[O-])ccc1NC(=O)CCN1CCN(C(=O)c2ccc(Cl)cc2)CC1. The highest BCUT2D eigenvalue weighted by molar-refractivity contribution is 6.30. The van der Waals surface area contributed by atoms with Crippen molar-refractivity contribution in [1.82, 2.24) is 9.80 Å². The minimum absolute atomic E-state index is 0.00322. The van der Waals surface area contributed by atoms with E-state index in [0.717, 1.165) is 0 Å². The number of carbonyl (C=O) groups excluding carboxylic acids is 2. The fraction of sp³-hybridized carbons (Fsp3) is 0.333. The van der Waals surface area contributed by atoms with E-state index in [4.69, 9.17) is 11.6 Å². The first-order valence-electron chi connectivity index (χ1n) is 9.65. The van der Waals surface area contributed by atoms with E-state index in [1.807, 2.05) is 0 Å². The van der Waals surface area contributed by atoms with Crippen LogP contribution in [0.15, 0.2) is 42.5 Å². The zero-order valence-electron chi connectivity index (χ0n) is 16.6. The minimum Gasteiger partial charge on any atom is -0.336 e. The largest absolute Gasteiger partial charge is 0.336 e. The Morgan fingerprint density at radius 2 is 1.77 bits per heavy atom. The van der Waals surface area contributed by atoms with Gasteiger partial charge in [0.15, 0.2) is 0 Å². The normalized spacial score (nSPS) is 14.4. The predicted octanol–water partition coefficient (Wildman–Crippen LogP) is 3.34. The first-order valence-corrected chi connectivity index (χ1v) is 10.0. The van der Waals surface area contributed by atoms with E-state index in [-0.39, 0.29) is 17.5 Å². The maximum Gasteiger partial charge on any atom is 0.269 e. The standard InChI is InChI=1S/C21H23ClN4O4/c1-15-14-18(26(29)30)6-7-19(15)23-20(27)8-9-24-10-12-25(13-11-24)21(28)16-2-4-17(22)5-3-16/h2-7,14H,8-13H2,1H3,(H,23,27). The summed E-state index contributed by atoms with van der Waals surface area (Å²) in [6.07, 6.45) is 0.307. The molecule has 2 amide bonds. The number of rotatable bonds is 6. The number of benzene rings is 2. The van der Waals surface area contributed by atoms with Crippen LogP contribution in [-0.2, 0) is 4.79 Å². The lowest BCUT2D eigenvalue weighted by Gasteiger charge is -2.34. The molecule has 1 saturated heterocycles. The number of nitrogens with zero attached hydrogens (tertiary/aromatic N) is 3. The quantitative estimate of drug-likeness (QED) is 0.560. The maximum atomic E-state index is 12.5. The Hall–Kier alpha value is -2.97. The van der Waals surface area contributed by atoms with Gasteiger partial charge in [-0.25, -0.2) is 0 Å². The molecule has 1 heterocycles. The molecule has 1 fully saturated rings. The van der Waals surface area contributed by atoms with Crippen LogP contribution in [0.3, 0.4) is 0 Å². The number of hydrogen-bond donors (Lipinski definition) is 1. The topological polar surface area (TPSA) is 95.8 Å². The monoisotopic (exact) mass is 430 g/mol. The number of anilines is 1. The van der Waals surface area contributed by atoms with Crippen LogP contribution in [0.1, 0.15) is 22.3 Å². The number of halogens is 1. The fourth-order valence-corrected chi connectivity index (χ4v) is 3.45. The number of aryl methyl sites for hydroxylation is 1. The Labute approximate surface area is 179 Å². The molecule has 1 aliphatic heterocycles. The van der Waals surface area contributed by atoms with E-state index in [1.165, 1.54) is 12.1 Å². The molecule has 0 saturated carbocycles.